The average Bonchev–Trinajstić information content (AvgIpc) is 3.02. The fraction of sp³-hybridized carbons (Fsp3) is 0.733. The lowest BCUT2D eigenvalue weighted by molar-refractivity contribution is -0.121. The number of amides is 1. The van der Waals surface area contributed by atoms with Gasteiger partial charge in [0.15, 0.2) is 0 Å². The summed E-state index contributed by atoms with van der Waals surface area (Å²) in [6.07, 6.45) is 3.81. The lowest BCUT2D eigenvalue weighted by Gasteiger charge is -2.09. The molecule has 5 heteroatoms. The Balaban J connectivity index is 1.56. The van der Waals surface area contributed by atoms with E-state index < -0.39 is 0 Å². The van der Waals surface area contributed by atoms with Crippen LogP contribution in [0.25, 0.3) is 0 Å². The molecule has 1 aromatic rings. The van der Waals surface area contributed by atoms with E-state index in [0.717, 1.165) is 44.7 Å². The molecule has 2 rings (SSSR count). The topological polar surface area (TPSA) is 59.0 Å². The van der Waals surface area contributed by atoms with Crippen LogP contribution in [0.15, 0.2) is 6.07 Å². The van der Waals surface area contributed by atoms with Crippen LogP contribution in [0.1, 0.15) is 37.1 Å². The molecular formula is C15H26N4O. The number of carbonyl (C=O) groups excluding carboxylic acids is 1. The molecule has 0 aromatic carbocycles. The zero-order valence-corrected chi connectivity index (χ0v) is 12.6. The van der Waals surface area contributed by atoms with Crippen LogP contribution in [0.4, 0.5) is 0 Å². The Hall–Kier alpha value is -1.36. The molecule has 0 bridgehead atoms. The molecule has 1 aliphatic heterocycles. The highest BCUT2D eigenvalue weighted by Crippen LogP contribution is 2.13. The van der Waals surface area contributed by atoms with Gasteiger partial charge >= 0.3 is 0 Å². The molecule has 0 radical (unpaired) electrons. The fourth-order valence-electron chi connectivity index (χ4n) is 2.74. The third-order valence-corrected chi connectivity index (χ3v) is 3.91. The van der Waals surface area contributed by atoms with Gasteiger partial charge in [-0.15, -0.1) is 0 Å². The Kier molecular flexibility index (Phi) is 5.59. The highest BCUT2D eigenvalue weighted by atomic mass is 16.1. The van der Waals surface area contributed by atoms with Gasteiger partial charge in [0.1, 0.15) is 0 Å². The highest BCUT2D eigenvalue weighted by molar-refractivity contribution is 5.75. The second-order valence-electron chi connectivity index (χ2n) is 5.75. The smallest absolute Gasteiger partial charge is 0.220 e. The second kappa shape index (κ2) is 7.43. The summed E-state index contributed by atoms with van der Waals surface area (Å²) in [5.74, 6) is 0.876. The molecule has 1 atom stereocenters. The Morgan fingerprint density at radius 3 is 3.05 bits per heavy atom. The molecule has 112 valence electrons. The van der Waals surface area contributed by atoms with E-state index in [4.69, 9.17) is 0 Å². The molecule has 1 fully saturated rings. The van der Waals surface area contributed by atoms with Crippen LogP contribution in [0, 0.1) is 19.8 Å². The van der Waals surface area contributed by atoms with Crippen molar-refractivity contribution < 1.29 is 4.79 Å². The lowest BCUT2D eigenvalue weighted by Crippen LogP contribution is -2.26. The number of hydrogen-bond donors (Lipinski definition) is 2. The number of rotatable bonds is 7. The van der Waals surface area contributed by atoms with Crippen molar-refractivity contribution >= 4 is 5.91 Å². The Bertz CT molecular complexity index is 435. The number of carbonyl (C=O) groups is 1. The van der Waals surface area contributed by atoms with Gasteiger partial charge in [0.2, 0.25) is 5.91 Å². The van der Waals surface area contributed by atoms with Gasteiger partial charge in [-0.3, -0.25) is 9.48 Å². The molecule has 0 aliphatic carbocycles. The van der Waals surface area contributed by atoms with E-state index in [1.54, 1.807) is 0 Å². The predicted molar refractivity (Wildman–Crippen MR) is 79.5 cm³/mol. The maximum atomic E-state index is 11.7. The summed E-state index contributed by atoms with van der Waals surface area (Å²) in [6.45, 7) is 7.85. The van der Waals surface area contributed by atoms with Crippen molar-refractivity contribution in [1.29, 1.82) is 0 Å². The minimum Gasteiger partial charge on any atom is -0.356 e. The van der Waals surface area contributed by atoms with Crippen LogP contribution in [0.2, 0.25) is 0 Å². The van der Waals surface area contributed by atoms with Crippen molar-refractivity contribution in [3.63, 3.8) is 0 Å². The van der Waals surface area contributed by atoms with Crippen molar-refractivity contribution in [3.8, 4) is 0 Å². The third-order valence-electron chi connectivity index (χ3n) is 3.91. The Morgan fingerprint density at radius 1 is 1.55 bits per heavy atom. The fourth-order valence-corrected chi connectivity index (χ4v) is 2.74. The first-order valence-corrected chi connectivity index (χ1v) is 7.63. The number of hydrogen-bond acceptors (Lipinski definition) is 3. The lowest BCUT2D eigenvalue weighted by atomic mass is 10.0. The monoisotopic (exact) mass is 278 g/mol. The maximum Gasteiger partial charge on any atom is 0.220 e. The van der Waals surface area contributed by atoms with Crippen LogP contribution in [0.5, 0.6) is 0 Å². The molecule has 2 heterocycles. The number of aromatic nitrogens is 2. The van der Waals surface area contributed by atoms with E-state index in [-0.39, 0.29) is 5.91 Å². The SMILES string of the molecule is Cc1cc(C)n(CCCNC(=O)CCC2CCNC2)n1. The van der Waals surface area contributed by atoms with E-state index in [1.807, 2.05) is 11.6 Å². The summed E-state index contributed by atoms with van der Waals surface area (Å²) in [5, 5.41) is 10.7. The standard InChI is InChI=1S/C15H26N4O/c1-12-10-13(2)19(18-12)9-3-7-17-15(20)5-4-14-6-8-16-11-14/h10,14,16H,3-9,11H2,1-2H3,(H,17,20). The van der Waals surface area contributed by atoms with Crippen LogP contribution in [-0.4, -0.2) is 35.3 Å². The molecule has 0 saturated carbocycles. The number of nitrogens with zero attached hydrogens (tertiary/aromatic N) is 2. The highest BCUT2D eigenvalue weighted by Gasteiger charge is 2.15. The van der Waals surface area contributed by atoms with Crippen LogP contribution < -0.4 is 10.6 Å². The first kappa shape index (κ1) is 15.0. The summed E-state index contributed by atoms with van der Waals surface area (Å²) in [5.41, 5.74) is 2.24. The van der Waals surface area contributed by atoms with Crippen molar-refractivity contribution in [3.05, 3.63) is 17.5 Å². The Morgan fingerprint density at radius 2 is 2.40 bits per heavy atom. The van der Waals surface area contributed by atoms with Gasteiger partial charge in [-0.05, 0) is 58.2 Å². The first-order valence-electron chi connectivity index (χ1n) is 7.63. The van der Waals surface area contributed by atoms with Gasteiger partial charge in [0, 0.05) is 25.2 Å². The molecule has 1 unspecified atom stereocenters. The molecule has 1 aliphatic rings. The van der Waals surface area contributed by atoms with Gasteiger partial charge in [0.25, 0.3) is 0 Å². The minimum absolute atomic E-state index is 0.185. The van der Waals surface area contributed by atoms with E-state index >= 15 is 0 Å². The normalized spacial score (nSPS) is 18.4. The van der Waals surface area contributed by atoms with Gasteiger partial charge in [-0.25, -0.2) is 0 Å². The van der Waals surface area contributed by atoms with Crippen LogP contribution in [0.3, 0.4) is 0 Å². The van der Waals surface area contributed by atoms with Gasteiger partial charge < -0.3 is 10.6 Å². The van der Waals surface area contributed by atoms with Crippen LogP contribution >= 0.6 is 0 Å². The number of nitrogens with one attached hydrogen (secondary N) is 2. The second-order valence-corrected chi connectivity index (χ2v) is 5.75. The van der Waals surface area contributed by atoms with Crippen molar-refractivity contribution in [2.24, 2.45) is 5.92 Å². The summed E-state index contributed by atoms with van der Waals surface area (Å²) >= 11 is 0. The Labute approximate surface area is 121 Å². The predicted octanol–water partition coefficient (Wildman–Crippen LogP) is 1.40. The van der Waals surface area contributed by atoms with Crippen molar-refractivity contribution in [2.75, 3.05) is 19.6 Å². The van der Waals surface area contributed by atoms with Crippen molar-refractivity contribution in [2.45, 2.75) is 46.1 Å². The quantitative estimate of drug-likeness (QED) is 0.741. The van der Waals surface area contributed by atoms with Gasteiger partial charge in [-0.2, -0.15) is 5.10 Å². The maximum absolute atomic E-state index is 11.7. The van der Waals surface area contributed by atoms with E-state index in [2.05, 4.69) is 28.7 Å². The summed E-state index contributed by atoms with van der Waals surface area (Å²) in [6, 6.07) is 2.08. The largest absolute Gasteiger partial charge is 0.356 e. The van der Waals surface area contributed by atoms with Crippen molar-refractivity contribution in [1.82, 2.24) is 20.4 Å². The molecule has 0 spiro atoms. The molecule has 1 aromatic heterocycles. The van der Waals surface area contributed by atoms with E-state index in [9.17, 15) is 4.79 Å². The average molecular weight is 278 g/mol. The van der Waals surface area contributed by atoms with Crippen LogP contribution in [-0.2, 0) is 11.3 Å². The molecule has 1 saturated heterocycles. The summed E-state index contributed by atoms with van der Waals surface area (Å²) in [4.78, 5) is 11.7. The zero-order valence-electron chi connectivity index (χ0n) is 12.6. The number of aryl methyl sites for hydroxylation is 3. The zero-order chi connectivity index (χ0) is 14.4. The molecular weight excluding hydrogens is 252 g/mol. The van der Waals surface area contributed by atoms with E-state index in [1.165, 1.54) is 12.1 Å². The summed E-state index contributed by atoms with van der Waals surface area (Å²) in [7, 11) is 0. The first-order chi connectivity index (χ1) is 9.65. The molecule has 5 nitrogen and oxygen atoms in total. The molecule has 2 N–H and O–H groups in total. The van der Waals surface area contributed by atoms with E-state index in [0.29, 0.717) is 12.3 Å². The minimum atomic E-state index is 0.185. The molecule has 1 amide bonds. The van der Waals surface area contributed by atoms with Gasteiger partial charge in [0.05, 0.1) is 5.69 Å². The third kappa shape index (κ3) is 4.63. The summed E-state index contributed by atoms with van der Waals surface area (Å²) < 4.78 is 2.01. The molecule has 20 heavy (non-hydrogen) atoms. The van der Waals surface area contributed by atoms with Gasteiger partial charge in [-0.1, -0.05) is 0 Å².